The maximum absolute atomic E-state index is 11.4. The third-order valence-electron chi connectivity index (χ3n) is 3.85. The highest BCUT2D eigenvalue weighted by molar-refractivity contribution is 5.99. The Morgan fingerprint density at radius 2 is 2.00 bits per heavy atom. The van der Waals surface area contributed by atoms with Gasteiger partial charge in [0.2, 0.25) is 0 Å². The molecule has 0 aliphatic heterocycles. The van der Waals surface area contributed by atoms with Crippen molar-refractivity contribution < 1.29 is 4.79 Å². The fraction of sp³-hybridized carbons (Fsp3) is 0.0588. The number of carbonyl (C=O) groups is 1. The van der Waals surface area contributed by atoms with Crippen LogP contribution in [0, 0.1) is 0 Å². The summed E-state index contributed by atoms with van der Waals surface area (Å²) in [7, 11) is 0. The molecule has 1 N–H and O–H groups in total. The van der Waals surface area contributed by atoms with Crippen LogP contribution in [0.5, 0.6) is 0 Å². The molecule has 0 aliphatic carbocycles. The van der Waals surface area contributed by atoms with Crippen LogP contribution in [0.15, 0.2) is 54.7 Å². The molecule has 23 heavy (non-hydrogen) atoms. The molecule has 0 amide bonds. The largest absolute Gasteiger partial charge is 0.342 e. The molecule has 6 heteroatoms. The van der Waals surface area contributed by atoms with E-state index in [4.69, 9.17) is 0 Å². The monoisotopic (exact) mass is 303 g/mol. The average molecular weight is 303 g/mol. The summed E-state index contributed by atoms with van der Waals surface area (Å²) in [4.78, 5) is 11.4. The standard InChI is InChI=1S/C17H13N5O/c23-11-14-10-22(9-12-4-2-1-3-5-12)16-7-6-13(8-15(14)16)17-18-20-21-19-17/h1-8,10-11H,9H2,(H,18,19,20,21). The SMILES string of the molecule is O=Cc1cn(Cc2ccccc2)c2ccc(-c3nnn[nH]3)cc12. The third kappa shape index (κ3) is 2.40. The van der Waals surface area contributed by atoms with Crippen LogP contribution in [0.25, 0.3) is 22.3 Å². The maximum Gasteiger partial charge on any atom is 0.179 e. The van der Waals surface area contributed by atoms with Gasteiger partial charge in [-0.25, -0.2) is 5.10 Å². The first-order valence-corrected chi connectivity index (χ1v) is 7.21. The first-order chi connectivity index (χ1) is 11.3. The van der Waals surface area contributed by atoms with Crippen molar-refractivity contribution in [3.05, 3.63) is 65.9 Å². The number of rotatable bonds is 4. The lowest BCUT2D eigenvalue weighted by atomic mass is 10.1. The Kier molecular flexibility index (Phi) is 3.20. The number of carbonyl (C=O) groups excluding carboxylic acids is 1. The van der Waals surface area contributed by atoms with Crippen molar-refractivity contribution in [2.24, 2.45) is 0 Å². The number of aromatic amines is 1. The highest BCUT2D eigenvalue weighted by atomic mass is 16.1. The second kappa shape index (κ2) is 5.49. The van der Waals surface area contributed by atoms with Crippen molar-refractivity contribution in [3.8, 4) is 11.4 Å². The minimum atomic E-state index is 0.583. The topological polar surface area (TPSA) is 76.5 Å². The van der Waals surface area contributed by atoms with Gasteiger partial charge in [-0.3, -0.25) is 4.79 Å². The van der Waals surface area contributed by atoms with Gasteiger partial charge in [0, 0.05) is 34.8 Å². The molecule has 6 nitrogen and oxygen atoms in total. The molecule has 2 aromatic carbocycles. The lowest BCUT2D eigenvalue weighted by Crippen LogP contribution is -1.97. The van der Waals surface area contributed by atoms with Crippen LogP contribution in [-0.2, 0) is 6.54 Å². The number of hydrogen-bond donors (Lipinski definition) is 1. The van der Waals surface area contributed by atoms with E-state index < -0.39 is 0 Å². The van der Waals surface area contributed by atoms with Crippen LogP contribution in [0.2, 0.25) is 0 Å². The number of fused-ring (bicyclic) bond motifs is 1. The fourth-order valence-electron chi connectivity index (χ4n) is 2.76. The Labute approximate surface area is 131 Å². The minimum absolute atomic E-state index is 0.583. The van der Waals surface area contributed by atoms with Crippen molar-refractivity contribution in [1.82, 2.24) is 25.2 Å². The summed E-state index contributed by atoms with van der Waals surface area (Å²) in [6, 6.07) is 16.0. The lowest BCUT2D eigenvalue weighted by Gasteiger charge is -2.06. The predicted molar refractivity (Wildman–Crippen MR) is 86.0 cm³/mol. The van der Waals surface area contributed by atoms with Crippen LogP contribution >= 0.6 is 0 Å². The molecule has 0 spiro atoms. The van der Waals surface area contributed by atoms with E-state index in [-0.39, 0.29) is 0 Å². The second-order valence-electron chi connectivity index (χ2n) is 5.30. The molecule has 0 saturated heterocycles. The highest BCUT2D eigenvalue weighted by Gasteiger charge is 2.11. The zero-order valence-electron chi connectivity index (χ0n) is 12.2. The normalized spacial score (nSPS) is 11.0. The van der Waals surface area contributed by atoms with Crippen molar-refractivity contribution in [1.29, 1.82) is 0 Å². The summed E-state index contributed by atoms with van der Waals surface area (Å²) in [5.74, 6) is 0.583. The van der Waals surface area contributed by atoms with Crippen LogP contribution < -0.4 is 0 Å². The van der Waals surface area contributed by atoms with Gasteiger partial charge >= 0.3 is 0 Å². The number of tetrazole rings is 1. The Morgan fingerprint density at radius 3 is 2.74 bits per heavy atom. The van der Waals surface area contributed by atoms with Crippen molar-refractivity contribution in [2.75, 3.05) is 0 Å². The Balaban J connectivity index is 1.82. The summed E-state index contributed by atoms with van der Waals surface area (Å²) in [6.45, 7) is 0.717. The van der Waals surface area contributed by atoms with E-state index in [0.29, 0.717) is 17.9 Å². The smallest absolute Gasteiger partial charge is 0.179 e. The molecular formula is C17H13N5O. The number of benzene rings is 2. The number of aldehydes is 1. The van der Waals surface area contributed by atoms with Crippen LogP contribution in [-0.4, -0.2) is 31.5 Å². The summed E-state index contributed by atoms with van der Waals surface area (Å²) in [5.41, 5.74) is 3.70. The molecule has 0 fully saturated rings. The number of nitrogens with zero attached hydrogens (tertiary/aromatic N) is 4. The van der Waals surface area contributed by atoms with Crippen LogP contribution in [0.4, 0.5) is 0 Å². The summed E-state index contributed by atoms with van der Waals surface area (Å²) >= 11 is 0. The van der Waals surface area contributed by atoms with Gasteiger partial charge in [-0.1, -0.05) is 30.3 Å². The van der Waals surface area contributed by atoms with Crippen molar-refractivity contribution in [3.63, 3.8) is 0 Å². The van der Waals surface area contributed by atoms with E-state index in [1.165, 1.54) is 5.56 Å². The van der Waals surface area contributed by atoms with E-state index in [2.05, 4.69) is 37.3 Å². The molecule has 0 saturated carbocycles. The second-order valence-corrected chi connectivity index (χ2v) is 5.30. The van der Waals surface area contributed by atoms with Crippen LogP contribution in [0.1, 0.15) is 15.9 Å². The van der Waals surface area contributed by atoms with E-state index >= 15 is 0 Å². The van der Waals surface area contributed by atoms with E-state index in [1.54, 1.807) is 0 Å². The molecular weight excluding hydrogens is 290 g/mol. The van der Waals surface area contributed by atoms with E-state index in [9.17, 15) is 4.79 Å². The maximum atomic E-state index is 11.4. The van der Waals surface area contributed by atoms with Gasteiger partial charge < -0.3 is 4.57 Å². The fourth-order valence-corrected chi connectivity index (χ4v) is 2.76. The number of hydrogen-bond acceptors (Lipinski definition) is 4. The Morgan fingerprint density at radius 1 is 1.13 bits per heavy atom. The minimum Gasteiger partial charge on any atom is -0.342 e. The summed E-state index contributed by atoms with van der Waals surface area (Å²) < 4.78 is 2.08. The molecule has 0 unspecified atom stereocenters. The van der Waals surface area contributed by atoms with E-state index in [1.807, 2.05) is 42.6 Å². The Bertz CT molecular complexity index is 957. The summed E-state index contributed by atoms with van der Waals surface area (Å²) in [6.07, 6.45) is 2.76. The quantitative estimate of drug-likeness (QED) is 0.588. The van der Waals surface area contributed by atoms with Gasteiger partial charge in [0.15, 0.2) is 12.1 Å². The van der Waals surface area contributed by atoms with Gasteiger partial charge in [-0.05, 0) is 34.2 Å². The molecule has 112 valence electrons. The summed E-state index contributed by atoms with van der Waals surface area (Å²) in [5, 5.41) is 14.7. The number of nitrogens with one attached hydrogen (secondary N) is 1. The first-order valence-electron chi connectivity index (χ1n) is 7.21. The average Bonchev–Trinajstić information content (AvgIpc) is 3.24. The Hall–Kier alpha value is -3.28. The lowest BCUT2D eigenvalue weighted by molar-refractivity contribution is 0.112. The molecule has 0 aliphatic rings. The van der Waals surface area contributed by atoms with Gasteiger partial charge in [-0.15, -0.1) is 5.10 Å². The highest BCUT2D eigenvalue weighted by Crippen LogP contribution is 2.26. The molecule has 0 radical (unpaired) electrons. The molecule has 4 aromatic rings. The molecule has 0 atom stereocenters. The third-order valence-corrected chi connectivity index (χ3v) is 3.85. The number of H-pyrrole nitrogens is 1. The van der Waals surface area contributed by atoms with E-state index in [0.717, 1.165) is 22.8 Å². The number of aromatic nitrogens is 5. The molecule has 2 heterocycles. The van der Waals surface area contributed by atoms with Crippen molar-refractivity contribution in [2.45, 2.75) is 6.54 Å². The van der Waals surface area contributed by atoms with Gasteiger partial charge in [0.05, 0.1) is 0 Å². The van der Waals surface area contributed by atoms with Gasteiger partial charge in [0.25, 0.3) is 0 Å². The molecule has 0 bridgehead atoms. The van der Waals surface area contributed by atoms with Gasteiger partial charge in [0.1, 0.15) is 0 Å². The first kappa shape index (κ1) is 13.4. The van der Waals surface area contributed by atoms with Gasteiger partial charge in [-0.2, -0.15) is 0 Å². The predicted octanol–water partition coefficient (Wildman–Crippen LogP) is 2.68. The zero-order valence-corrected chi connectivity index (χ0v) is 12.2. The molecule has 2 aromatic heterocycles. The molecule has 4 rings (SSSR count). The van der Waals surface area contributed by atoms with Crippen LogP contribution in [0.3, 0.4) is 0 Å². The van der Waals surface area contributed by atoms with Crippen molar-refractivity contribution >= 4 is 17.2 Å². The zero-order chi connectivity index (χ0) is 15.6.